The van der Waals surface area contributed by atoms with Crippen LogP contribution in [-0.4, -0.2) is 24.4 Å². The first-order valence-corrected chi connectivity index (χ1v) is 5.54. The Morgan fingerprint density at radius 3 is 2.47 bits per heavy atom. The quantitative estimate of drug-likeness (QED) is 0.311. The number of urea groups is 1. The lowest BCUT2D eigenvalue weighted by Gasteiger charge is -2.04. The summed E-state index contributed by atoms with van der Waals surface area (Å²) in [5, 5.41) is 13.3. The summed E-state index contributed by atoms with van der Waals surface area (Å²) in [5.41, 5.74) is 0. The lowest BCUT2D eigenvalue weighted by atomic mass is 10.1. The van der Waals surface area contributed by atoms with Crippen LogP contribution >= 0.6 is 0 Å². The molecule has 0 unspecified atom stereocenters. The van der Waals surface area contributed by atoms with Gasteiger partial charge in [-0.1, -0.05) is 25.3 Å². The highest BCUT2D eigenvalue weighted by molar-refractivity contribution is 5.73. The molecular formula is C11H22N2O2. The van der Waals surface area contributed by atoms with Crippen LogP contribution in [0.25, 0.3) is 0 Å². The molecule has 0 bridgehead atoms. The molecule has 0 aromatic carbocycles. The maximum absolute atomic E-state index is 10.8. The van der Waals surface area contributed by atoms with E-state index in [1.165, 1.54) is 19.3 Å². The number of carbonyl (C=O) groups excluding carboxylic acids is 1. The molecule has 15 heavy (non-hydrogen) atoms. The highest BCUT2D eigenvalue weighted by Crippen LogP contribution is 2.04. The summed E-state index contributed by atoms with van der Waals surface area (Å²) in [5.74, 6) is 0. The van der Waals surface area contributed by atoms with Gasteiger partial charge in [0.25, 0.3) is 0 Å². The monoisotopic (exact) mass is 214 g/mol. The zero-order valence-electron chi connectivity index (χ0n) is 9.30. The highest BCUT2D eigenvalue weighted by atomic mass is 16.3. The molecule has 0 aliphatic carbocycles. The number of aliphatic hydroxyl groups excluding tert-OH is 1. The van der Waals surface area contributed by atoms with Crippen LogP contribution in [0.3, 0.4) is 0 Å². The van der Waals surface area contributed by atoms with E-state index in [2.05, 4.69) is 17.2 Å². The maximum atomic E-state index is 10.8. The first-order chi connectivity index (χ1) is 7.31. The number of nitrogens with one attached hydrogen (secondary N) is 2. The average molecular weight is 214 g/mol. The van der Waals surface area contributed by atoms with Crippen molar-refractivity contribution < 1.29 is 9.90 Å². The molecule has 0 aliphatic rings. The van der Waals surface area contributed by atoms with Crippen LogP contribution in [0.1, 0.15) is 38.5 Å². The molecule has 3 N–H and O–H groups in total. The highest BCUT2D eigenvalue weighted by Gasteiger charge is 1.96. The number of allylic oxidation sites excluding steroid dienone is 1. The Bertz CT molecular complexity index is 172. The molecule has 0 heterocycles. The van der Waals surface area contributed by atoms with Crippen LogP contribution in [0.5, 0.6) is 0 Å². The zero-order valence-corrected chi connectivity index (χ0v) is 9.30. The molecule has 0 aromatic heterocycles. The first kappa shape index (κ1) is 14.0. The third-order valence-electron chi connectivity index (χ3n) is 2.11. The van der Waals surface area contributed by atoms with Crippen molar-refractivity contribution in [2.24, 2.45) is 0 Å². The van der Waals surface area contributed by atoms with Gasteiger partial charge in [-0.15, -0.1) is 6.58 Å². The molecule has 4 nitrogen and oxygen atoms in total. The second kappa shape index (κ2) is 11.0. The van der Waals surface area contributed by atoms with E-state index in [1.54, 1.807) is 0 Å². The van der Waals surface area contributed by atoms with E-state index in [0.29, 0.717) is 6.54 Å². The van der Waals surface area contributed by atoms with Crippen LogP contribution in [0.15, 0.2) is 12.7 Å². The van der Waals surface area contributed by atoms with Crippen LogP contribution in [-0.2, 0) is 0 Å². The molecule has 0 radical (unpaired) electrons. The molecule has 0 saturated carbocycles. The third-order valence-corrected chi connectivity index (χ3v) is 2.11. The van der Waals surface area contributed by atoms with Gasteiger partial charge in [0.1, 0.15) is 6.73 Å². The minimum Gasteiger partial charge on any atom is -0.376 e. The summed E-state index contributed by atoms with van der Waals surface area (Å²) in [6.07, 6.45) is 8.81. The average Bonchev–Trinajstić information content (AvgIpc) is 2.22. The van der Waals surface area contributed by atoms with Crippen molar-refractivity contribution in [3.63, 3.8) is 0 Å². The summed E-state index contributed by atoms with van der Waals surface area (Å²) in [4.78, 5) is 10.8. The number of amides is 2. The normalized spacial score (nSPS) is 9.67. The van der Waals surface area contributed by atoms with Crippen molar-refractivity contribution in [1.82, 2.24) is 10.6 Å². The Kier molecular flexibility index (Phi) is 10.3. The Hall–Kier alpha value is -1.03. The summed E-state index contributed by atoms with van der Waals surface area (Å²) in [7, 11) is 0. The van der Waals surface area contributed by atoms with Gasteiger partial charge < -0.3 is 15.7 Å². The number of aliphatic hydroxyl groups is 1. The van der Waals surface area contributed by atoms with Gasteiger partial charge in [0, 0.05) is 6.54 Å². The molecule has 88 valence electrons. The minimum absolute atomic E-state index is 0.302. The van der Waals surface area contributed by atoms with Gasteiger partial charge in [0.2, 0.25) is 0 Å². The third kappa shape index (κ3) is 10.9. The topological polar surface area (TPSA) is 61.4 Å². The maximum Gasteiger partial charge on any atom is 0.316 e. The lowest BCUT2D eigenvalue weighted by Crippen LogP contribution is -2.36. The molecule has 0 atom stereocenters. The molecular weight excluding hydrogens is 192 g/mol. The van der Waals surface area contributed by atoms with Crippen LogP contribution in [0.2, 0.25) is 0 Å². The van der Waals surface area contributed by atoms with Gasteiger partial charge in [-0.2, -0.15) is 0 Å². The Morgan fingerprint density at radius 1 is 1.13 bits per heavy atom. The van der Waals surface area contributed by atoms with E-state index in [9.17, 15) is 4.79 Å². The number of hydrogen-bond acceptors (Lipinski definition) is 2. The fourth-order valence-electron chi connectivity index (χ4n) is 1.28. The molecule has 0 spiro atoms. The van der Waals surface area contributed by atoms with Crippen molar-refractivity contribution in [3.05, 3.63) is 12.7 Å². The molecule has 0 aromatic rings. The summed E-state index contributed by atoms with van der Waals surface area (Å²) < 4.78 is 0. The van der Waals surface area contributed by atoms with Crippen molar-refractivity contribution in [1.29, 1.82) is 0 Å². The predicted molar refractivity (Wildman–Crippen MR) is 61.5 cm³/mol. The van der Waals surface area contributed by atoms with E-state index < -0.39 is 0 Å². The minimum atomic E-state index is -0.312. The molecule has 0 rings (SSSR count). The second-order valence-corrected chi connectivity index (χ2v) is 3.44. The zero-order chi connectivity index (χ0) is 11.4. The summed E-state index contributed by atoms with van der Waals surface area (Å²) >= 11 is 0. The van der Waals surface area contributed by atoms with Gasteiger partial charge >= 0.3 is 6.03 Å². The number of unbranched alkanes of at least 4 members (excludes halogenated alkanes) is 5. The second-order valence-electron chi connectivity index (χ2n) is 3.44. The number of rotatable bonds is 9. The van der Waals surface area contributed by atoms with Crippen molar-refractivity contribution in [2.75, 3.05) is 13.3 Å². The van der Waals surface area contributed by atoms with E-state index in [0.717, 1.165) is 19.3 Å². The van der Waals surface area contributed by atoms with Gasteiger partial charge in [-0.05, 0) is 19.3 Å². The van der Waals surface area contributed by atoms with Gasteiger partial charge in [0.05, 0.1) is 0 Å². The van der Waals surface area contributed by atoms with Crippen molar-refractivity contribution in [2.45, 2.75) is 38.5 Å². The number of hydrogen-bond donors (Lipinski definition) is 3. The van der Waals surface area contributed by atoms with E-state index >= 15 is 0 Å². The SMILES string of the molecule is C=CCCCCCCCNC(=O)NCO. The van der Waals surface area contributed by atoms with Crippen LogP contribution < -0.4 is 10.6 Å². The van der Waals surface area contributed by atoms with Gasteiger partial charge in [-0.25, -0.2) is 4.79 Å². The Labute approximate surface area is 91.8 Å². The summed E-state index contributed by atoms with van der Waals surface area (Å²) in [6, 6.07) is -0.302. The Balaban J connectivity index is 3.04. The standard InChI is InChI=1S/C11H22N2O2/c1-2-3-4-5-6-7-8-9-12-11(15)13-10-14/h2,14H,1,3-10H2,(H2,12,13,15). The van der Waals surface area contributed by atoms with E-state index in [-0.39, 0.29) is 12.8 Å². The predicted octanol–water partition coefficient (Wildman–Crippen LogP) is 1.76. The molecule has 0 saturated heterocycles. The van der Waals surface area contributed by atoms with Gasteiger partial charge in [-0.3, -0.25) is 0 Å². The molecule has 4 heteroatoms. The molecule has 2 amide bonds. The fourth-order valence-corrected chi connectivity index (χ4v) is 1.28. The van der Waals surface area contributed by atoms with E-state index in [1.807, 2.05) is 6.08 Å². The fraction of sp³-hybridized carbons (Fsp3) is 0.727. The summed E-state index contributed by atoms with van der Waals surface area (Å²) in [6.45, 7) is 4.03. The number of carbonyl (C=O) groups is 1. The van der Waals surface area contributed by atoms with Gasteiger partial charge in [0.15, 0.2) is 0 Å². The molecule has 0 aliphatic heterocycles. The Morgan fingerprint density at radius 2 is 1.80 bits per heavy atom. The van der Waals surface area contributed by atoms with E-state index in [4.69, 9.17) is 5.11 Å². The molecule has 0 fully saturated rings. The lowest BCUT2D eigenvalue weighted by molar-refractivity contribution is 0.217. The smallest absolute Gasteiger partial charge is 0.316 e. The largest absolute Gasteiger partial charge is 0.376 e. The van der Waals surface area contributed by atoms with Crippen LogP contribution in [0.4, 0.5) is 4.79 Å². The van der Waals surface area contributed by atoms with Crippen molar-refractivity contribution >= 4 is 6.03 Å². The van der Waals surface area contributed by atoms with Crippen molar-refractivity contribution in [3.8, 4) is 0 Å². The first-order valence-electron chi connectivity index (χ1n) is 5.54. The van der Waals surface area contributed by atoms with Crippen LogP contribution in [0, 0.1) is 0 Å².